The van der Waals surface area contributed by atoms with Crippen molar-refractivity contribution in [3.05, 3.63) is 0 Å². The van der Waals surface area contributed by atoms with Gasteiger partial charge in [0, 0.05) is 13.0 Å². The quantitative estimate of drug-likeness (QED) is 0.0226. The molecule has 326 valence electrons. The second kappa shape index (κ2) is 26.0. The lowest BCUT2D eigenvalue weighted by Crippen LogP contribution is -2.61. The summed E-state index contributed by atoms with van der Waals surface area (Å²) in [6.07, 6.45) is -1.54. The second-order valence-electron chi connectivity index (χ2n) is 15.5. The van der Waals surface area contributed by atoms with E-state index in [0.29, 0.717) is 6.42 Å². The topological polar surface area (TPSA) is 366 Å². The van der Waals surface area contributed by atoms with Crippen LogP contribution in [-0.4, -0.2) is 118 Å². The summed E-state index contributed by atoms with van der Waals surface area (Å²) in [5.74, 6) is -7.46. The Kier molecular flexibility index (Phi) is 23.7. The van der Waals surface area contributed by atoms with Crippen molar-refractivity contribution in [2.45, 2.75) is 149 Å². The zero-order chi connectivity index (χ0) is 44.2. The van der Waals surface area contributed by atoms with Crippen molar-refractivity contribution in [2.75, 3.05) is 6.54 Å². The van der Waals surface area contributed by atoms with Crippen LogP contribution >= 0.6 is 0 Å². The number of primary amides is 1. The number of carbonyl (C=O) groups excluding carboxylic acids is 7. The molecule has 0 rings (SSSR count). The van der Waals surface area contributed by atoms with Crippen LogP contribution in [0.1, 0.15) is 100 Å². The molecule has 7 amide bonds. The number of carboxylic acid groups (broad SMARTS) is 1. The van der Waals surface area contributed by atoms with Crippen molar-refractivity contribution < 1.29 is 48.6 Å². The third-order valence-electron chi connectivity index (χ3n) is 8.43. The molecule has 0 aromatic heterocycles. The predicted octanol–water partition coefficient (Wildman–Crippen LogP) is -2.83. The Labute approximate surface area is 334 Å². The summed E-state index contributed by atoms with van der Waals surface area (Å²) in [5.41, 5.74) is 22.0. The highest BCUT2D eigenvalue weighted by Crippen LogP contribution is 2.11. The van der Waals surface area contributed by atoms with E-state index in [4.69, 9.17) is 22.9 Å². The number of rotatable bonds is 27. The van der Waals surface area contributed by atoms with Crippen molar-refractivity contribution in [3.63, 3.8) is 0 Å². The van der Waals surface area contributed by atoms with Gasteiger partial charge in [0.25, 0.3) is 0 Å². The Balaban J connectivity index is 6.33. The fourth-order valence-corrected chi connectivity index (χ4v) is 5.49. The molecule has 0 saturated carbocycles. The summed E-state index contributed by atoms with van der Waals surface area (Å²) in [6.45, 7) is 13.5. The number of aliphatic carboxylic acids is 1. The van der Waals surface area contributed by atoms with Gasteiger partial charge in [-0.25, -0.2) is 4.79 Å². The first-order chi connectivity index (χ1) is 26.3. The average Bonchev–Trinajstić information content (AvgIpc) is 3.07. The van der Waals surface area contributed by atoms with Crippen LogP contribution in [-0.2, 0) is 38.4 Å². The number of aliphatic imine (C=N–C) groups is 1. The van der Waals surface area contributed by atoms with Gasteiger partial charge in [0.05, 0.1) is 12.1 Å². The highest BCUT2D eigenvalue weighted by atomic mass is 16.4. The van der Waals surface area contributed by atoms with Crippen molar-refractivity contribution in [1.29, 1.82) is 0 Å². The summed E-state index contributed by atoms with van der Waals surface area (Å²) in [6, 6.07) is -9.00. The number of nitrogens with zero attached hydrogens (tertiary/aromatic N) is 1. The molecule has 0 heterocycles. The molecule has 0 aliphatic heterocycles. The molecule has 21 heteroatoms. The fourth-order valence-electron chi connectivity index (χ4n) is 5.49. The lowest BCUT2D eigenvalue weighted by atomic mass is 10.0. The molecule has 0 aliphatic rings. The largest absolute Gasteiger partial charge is 0.480 e. The maximum Gasteiger partial charge on any atom is 0.326 e. The van der Waals surface area contributed by atoms with Crippen LogP contribution in [0.25, 0.3) is 0 Å². The number of guanidine groups is 1. The lowest BCUT2D eigenvalue weighted by molar-refractivity contribution is -0.143. The number of hydrogen-bond donors (Lipinski definition) is 12. The molecule has 0 aliphatic carbocycles. The van der Waals surface area contributed by atoms with E-state index in [1.165, 1.54) is 13.8 Å². The number of nitrogens with one attached hydrogen (secondary N) is 6. The minimum Gasteiger partial charge on any atom is -0.480 e. The summed E-state index contributed by atoms with van der Waals surface area (Å²) in [7, 11) is 0. The average molecular weight is 814 g/mol. The third-order valence-corrected chi connectivity index (χ3v) is 8.43. The van der Waals surface area contributed by atoms with Crippen molar-refractivity contribution >= 4 is 53.3 Å². The molecule has 0 bridgehead atoms. The number of amides is 7. The van der Waals surface area contributed by atoms with E-state index in [1.807, 2.05) is 13.8 Å². The van der Waals surface area contributed by atoms with Crippen molar-refractivity contribution in [1.82, 2.24) is 31.9 Å². The van der Waals surface area contributed by atoms with Crippen LogP contribution in [0.3, 0.4) is 0 Å². The van der Waals surface area contributed by atoms with Crippen LogP contribution in [0.4, 0.5) is 0 Å². The van der Waals surface area contributed by atoms with E-state index in [9.17, 15) is 48.6 Å². The third kappa shape index (κ3) is 21.7. The van der Waals surface area contributed by atoms with Gasteiger partial charge in [0.2, 0.25) is 41.4 Å². The molecule has 0 fully saturated rings. The number of carbonyl (C=O) groups is 8. The van der Waals surface area contributed by atoms with E-state index < -0.39 is 95.7 Å². The van der Waals surface area contributed by atoms with Gasteiger partial charge in [0.15, 0.2) is 5.96 Å². The Morgan fingerprint density at radius 1 is 0.561 bits per heavy atom. The number of aliphatic hydroxyl groups excluding tert-OH is 1. The Morgan fingerprint density at radius 3 is 1.47 bits per heavy atom. The van der Waals surface area contributed by atoms with E-state index in [1.54, 1.807) is 27.7 Å². The zero-order valence-corrected chi connectivity index (χ0v) is 34.4. The number of aliphatic hydroxyl groups is 1. The monoisotopic (exact) mass is 814 g/mol. The smallest absolute Gasteiger partial charge is 0.326 e. The second-order valence-corrected chi connectivity index (χ2v) is 15.5. The molecule has 0 aromatic carbocycles. The standard InChI is InChI=1S/C36H67N11O10/c1-17(2)14-22(37)30(51)42-20(7)29(50)47-28(21(8)48)34(55)45-25(15-18(3)4)33(54)43-23(10-9-13-41-36(39)40)31(52)44-24(11-12-27(38)49)32(53)46-26(35(56)57)16-19(5)6/h17-26,28,48H,9-16,37H2,1-8H3,(H2,38,49)(H,42,51)(H,43,54)(H,44,52)(H,45,55)(H,46,53)(H,47,50)(H,56,57)(H4,39,40,41)/t20-,21+,22-,23-,24-,25-,26-,28-/m0/s1. The fraction of sp³-hybridized carbons (Fsp3) is 0.750. The van der Waals surface area contributed by atoms with E-state index in [2.05, 4.69) is 36.9 Å². The molecule has 0 unspecified atom stereocenters. The molecule has 8 atom stereocenters. The highest BCUT2D eigenvalue weighted by Gasteiger charge is 2.35. The number of hydrogen-bond acceptors (Lipinski definition) is 11. The van der Waals surface area contributed by atoms with Gasteiger partial charge in [-0.15, -0.1) is 0 Å². The maximum atomic E-state index is 13.8. The van der Waals surface area contributed by atoms with Crippen LogP contribution in [0.5, 0.6) is 0 Å². The Morgan fingerprint density at radius 2 is 1.02 bits per heavy atom. The highest BCUT2D eigenvalue weighted by molar-refractivity contribution is 5.97. The lowest BCUT2D eigenvalue weighted by Gasteiger charge is -2.28. The number of carboxylic acids is 1. The van der Waals surface area contributed by atoms with Gasteiger partial charge in [-0.3, -0.25) is 38.6 Å². The molecule has 0 saturated heterocycles. The summed E-state index contributed by atoms with van der Waals surface area (Å²) in [4.78, 5) is 107. The first kappa shape index (κ1) is 51.9. The van der Waals surface area contributed by atoms with E-state index in [-0.39, 0.29) is 68.8 Å². The Hall–Kier alpha value is -5.05. The van der Waals surface area contributed by atoms with Gasteiger partial charge in [-0.1, -0.05) is 41.5 Å². The minimum atomic E-state index is -1.57. The maximum absolute atomic E-state index is 13.8. The van der Waals surface area contributed by atoms with Gasteiger partial charge in [-0.05, 0) is 70.1 Å². The Bertz CT molecular complexity index is 1400. The van der Waals surface area contributed by atoms with Gasteiger partial charge in [-0.2, -0.15) is 0 Å². The van der Waals surface area contributed by atoms with Gasteiger partial charge < -0.3 is 65.0 Å². The molecular formula is C36H67N11O10. The van der Waals surface area contributed by atoms with E-state index >= 15 is 0 Å². The molecule has 0 radical (unpaired) electrons. The summed E-state index contributed by atoms with van der Waals surface area (Å²) in [5, 5.41) is 35.0. The first-order valence-corrected chi connectivity index (χ1v) is 19.2. The van der Waals surface area contributed by atoms with Gasteiger partial charge >= 0.3 is 5.97 Å². The predicted molar refractivity (Wildman–Crippen MR) is 211 cm³/mol. The minimum absolute atomic E-state index is 0.0384. The van der Waals surface area contributed by atoms with Crippen molar-refractivity contribution in [2.24, 2.45) is 45.7 Å². The molecular weight excluding hydrogens is 746 g/mol. The first-order valence-electron chi connectivity index (χ1n) is 19.2. The zero-order valence-electron chi connectivity index (χ0n) is 34.4. The molecule has 16 N–H and O–H groups in total. The normalized spacial score (nSPS) is 15.5. The van der Waals surface area contributed by atoms with Gasteiger partial charge in [0.1, 0.15) is 36.3 Å². The molecule has 0 aromatic rings. The van der Waals surface area contributed by atoms with Crippen molar-refractivity contribution in [3.8, 4) is 0 Å². The van der Waals surface area contributed by atoms with Crippen LogP contribution in [0.2, 0.25) is 0 Å². The number of nitrogens with two attached hydrogens (primary N) is 4. The molecule has 57 heavy (non-hydrogen) atoms. The van der Waals surface area contributed by atoms with Crippen LogP contribution in [0, 0.1) is 17.8 Å². The van der Waals surface area contributed by atoms with E-state index in [0.717, 1.165) is 0 Å². The van der Waals surface area contributed by atoms with Crippen LogP contribution < -0.4 is 54.8 Å². The summed E-state index contributed by atoms with van der Waals surface area (Å²) >= 11 is 0. The van der Waals surface area contributed by atoms with Crippen LogP contribution in [0.15, 0.2) is 4.99 Å². The SMILES string of the molecule is CC(C)C[C@H](NC(=O)[C@H](CCC(N)=O)NC(=O)[C@H](CCCN=C(N)N)NC(=O)[C@H](CC(C)C)NC(=O)[C@@H](NC(=O)[C@H](C)NC(=O)[C@@H](N)CC(C)C)[C@@H](C)O)C(=O)O. The molecule has 0 spiro atoms. The summed E-state index contributed by atoms with van der Waals surface area (Å²) < 4.78 is 0. The molecule has 21 nitrogen and oxygen atoms in total.